The maximum atomic E-state index is 12.3. The number of hydrogen-bond acceptors (Lipinski definition) is 3. The Kier molecular flexibility index (Phi) is 1.71. The third-order valence-electron chi connectivity index (χ3n) is 1.07. The average molecular weight is 142 g/mol. The van der Waals surface area contributed by atoms with Crippen molar-refractivity contribution < 1.29 is 9.13 Å². The lowest BCUT2D eigenvalue weighted by Crippen LogP contribution is -1.95. The van der Waals surface area contributed by atoms with Crippen molar-refractivity contribution >= 4 is 5.82 Å². The molecule has 0 spiro atoms. The van der Waals surface area contributed by atoms with Crippen LogP contribution in [0.15, 0.2) is 12.3 Å². The van der Waals surface area contributed by atoms with E-state index >= 15 is 0 Å². The van der Waals surface area contributed by atoms with Gasteiger partial charge in [0.2, 0.25) is 0 Å². The van der Waals surface area contributed by atoms with Crippen molar-refractivity contribution in [3.63, 3.8) is 0 Å². The first-order chi connectivity index (χ1) is 4.74. The zero-order chi connectivity index (χ0) is 7.56. The van der Waals surface area contributed by atoms with Crippen LogP contribution in [0.5, 0.6) is 5.75 Å². The van der Waals surface area contributed by atoms with Gasteiger partial charge in [-0.25, -0.2) is 9.37 Å². The van der Waals surface area contributed by atoms with Crippen molar-refractivity contribution in [2.45, 2.75) is 0 Å². The summed E-state index contributed by atoms with van der Waals surface area (Å²) >= 11 is 0. The van der Waals surface area contributed by atoms with Gasteiger partial charge < -0.3 is 10.5 Å². The van der Waals surface area contributed by atoms with Gasteiger partial charge in [0.1, 0.15) is 5.82 Å². The predicted octanol–water partition coefficient (Wildman–Crippen LogP) is 0.811. The van der Waals surface area contributed by atoms with Crippen molar-refractivity contribution in [3.05, 3.63) is 18.1 Å². The molecule has 0 aliphatic heterocycles. The Morgan fingerprint density at radius 1 is 1.70 bits per heavy atom. The summed E-state index contributed by atoms with van der Waals surface area (Å²) in [4.78, 5) is 3.53. The number of nitrogen functional groups attached to an aromatic ring is 1. The first kappa shape index (κ1) is 6.80. The molecule has 1 aromatic heterocycles. The number of rotatable bonds is 1. The standard InChI is InChI=1S/C6H7FN2O/c1-10-5-2-4(7)3-9-6(5)8/h2-3H,1H3,(H2,8,9). The van der Waals surface area contributed by atoms with Gasteiger partial charge in [-0.1, -0.05) is 0 Å². The van der Waals surface area contributed by atoms with Gasteiger partial charge in [0.05, 0.1) is 13.3 Å². The van der Waals surface area contributed by atoms with Crippen LogP contribution in [0.1, 0.15) is 0 Å². The highest BCUT2D eigenvalue weighted by Gasteiger charge is 1.99. The molecule has 0 aliphatic rings. The van der Waals surface area contributed by atoms with Gasteiger partial charge in [-0.3, -0.25) is 0 Å². The number of hydrogen-bond donors (Lipinski definition) is 1. The van der Waals surface area contributed by atoms with Crippen LogP contribution in [0, 0.1) is 5.82 Å². The first-order valence-electron chi connectivity index (χ1n) is 2.69. The van der Waals surface area contributed by atoms with Crippen LogP contribution >= 0.6 is 0 Å². The molecule has 0 unspecified atom stereocenters. The molecule has 4 heteroatoms. The average Bonchev–Trinajstić information content (AvgIpc) is 1.94. The summed E-state index contributed by atoms with van der Waals surface area (Å²) in [6.07, 6.45) is 1.04. The van der Waals surface area contributed by atoms with Crippen molar-refractivity contribution in [2.75, 3.05) is 12.8 Å². The van der Waals surface area contributed by atoms with Crippen molar-refractivity contribution in [1.29, 1.82) is 0 Å². The number of nitrogens with zero attached hydrogens (tertiary/aromatic N) is 1. The fourth-order valence-electron chi connectivity index (χ4n) is 0.595. The second-order valence-electron chi connectivity index (χ2n) is 1.74. The predicted molar refractivity (Wildman–Crippen MR) is 35.2 cm³/mol. The van der Waals surface area contributed by atoms with Gasteiger partial charge in [0.15, 0.2) is 11.6 Å². The summed E-state index contributed by atoms with van der Waals surface area (Å²) in [6.45, 7) is 0. The number of nitrogens with two attached hydrogens (primary N) is 1. The third kappa shape index (κ3) is 1.15. The summed E-state index contributed by atoms with van der Waals surface area (Å²) in [7, 11) is 1.41. The molecular weight excluding hydrogens is 135 g/mol. The molecule has 0 saturated heterocycles. The zero-order valence-corrected chi connectivity index (χ0v) is 5.47. The molecule has 0 aliphatic carbocycles. The number of pyridine rings is 1. The quantitative estimate of drug-likeness (QED) is 0.631. The van der Waals surface area contributed by atoms with Gasteiger partial charge in [0.25, 0.3) is 0 Å². The Balaban J connectivity index is 3.09. The van der Waals surface area contributed by atoms with E-state index in [1.54, 1.807) is 0 Å². The van der Waals surface area contributed by atoms with Gasteiger partial charge in [-0.2, -0.15) is 0 Å². The van der Waals surface area contributed by atoms with E-state index in [0.29, 0.717) is 0 Å². The summed E-state index contributed by atoms with van der Waals surface area (Å²) < 4.78 is 17.0. The molecule has 0 saturated carbocycles. The van der Waals surface area contributed by atoms with Gasteiger partial charge >= 0.3 is 0 Å². The van der Waals surface area contributed by atoms with E-state index in [4.69, 9.17) is 10.5 Å². The van der Waals surface area contributed by atoms with Crippen molar-refractivity contribution in [3.8, 4) is 5.75 Å². The second kappa shape index (κ2) is 2.51. The molecular formula is C6H7FN2O. The van der Waals surface area contributed by atoms with E-state index in [2.05, 4.69) is 4.98 Å². The normalized spacial score (nSPS) is 9.40. The highest BCUT2D eigenvalue weighted by molar-refractivity contribution is 5.44. The highest BCUT2D eigenvalue weighted by atomic mass is 19.1. The molecule has 10 heavy (non-hydrogen) atoms. The maximum absolute atomic E-state index is 12.3. The largest absolute Gasteiger partial charge is 0.493 e. The number of methoxy groups -OCH3 is 1. The molecule has 0 radical (unpaired) electrons. The van der Waals surface area contributed by atoms with E-state index in [1.807, 2.05) is 0 Å². The van der Waals surface area contributed by atoms with Crippen LogP contribution in [-0.2, 0) is 0 Å². The van der Waals surface area contributed by atoms with E-state index in [0.717, 1.165) is 6.20 Å². The van der Waals surface area contributed by atoms with Crippen LogP contribution in [0.25, 0.3) is 0 Å². The maximum Gasteiger partial charge on any atom is 0.166 e. The first-order valence-corrected chi connectivity index (χ1v) is 2.69. The van der Waals surface area contributed by atoms with Crippen LogP contribution < -0.4 is 10.5 Å². The molecule has 1 rings (SSSR count). The molecule has 0 aromatic carbocycles. The topological polar surface area (TPSA) is 48.1 Å². The van der Waals surface area contributed by atoms with E-state index in [-0.39, 0.29) is 11.6 Å². The summed E-state index contributed by atoms with van der Waals surface area (Å²) in [5.74, 6) is 0.00921. The van der Waals surface area contributed by atoms with Crippen molar-refractivity contribution in [1.82, 2.24) is 4.98 Å². The molecule has 54 valence electrons. The number of aromatic nitrogens is 1. The molecule has 1 heterocycles. The number of halogens is 1. The monoisotopic (exact) mass is 142 g/mol. The molecule has 0 atom stereocenters. The van der Waals surface area contributed by atoms with E-state index in [1.165, 1.54) is 13.2 Å². The lowest BCUT2D eigenvalue weighted by Gasteiger charge is -2.00. The molecule has 0 amide bonds. The third-order valence-corrected chi connectivity index (χ3v) is 1.07. The lowest BCUT2D eigenvalue weighted by atomic mass is 10.4. The van der Waals surface area contributed by atoms with Crippen LogP contribution in [0.4, 0.5) is 10.2 Å². The van der Waals surface area contributed by atoms with E-state index < -0.39 is 5.82 Å². The van der Waals surface area contributed by atoms with Crippen molar-refractivity contribution in [2.24, 2.45) is 0 Å². The van der Waals surface area contributed by atoms with Crippen LogP contribution in [0.2, 0.25) is 0 Å². The number of ether oxygens (including phenoxy) is 1. The van der Waals surface area contributed by atoms with Crippen LogP contribution in [0.3, 0.4) is 0 Å². The fourth-order valence-corrected chi connectivity index (χ4v) is 0.595. The Bertz CT molecular complexity index is 239. The van der Waals surface area contributed by atoms with E-state index in [9.17, 15) is 4.39 Å². The molecule has 0 bridgehead atoms. The molecule has 2 N–H and O–H groups in total. The zero-order valence-electron chi connectivity index (χ0n) is 5.47. The summed E-state index contributed by atoms with van der Waals surface area (Å²) in [5, 5.41) is 0. The second-order valence-corrected chi connectivity index (χ2v) is 1.74. The van der Waals surface area contributed by atoms with Gasteiger partial charge in [0, 0.05) is 6.07 Å². The summed E-state index contributed by atoms with van der Waals surface area (Å²) in [5.41, 5.74) is 5.30. The molecule has 3 nitrogen and oxygen atoms in total. The minimum absolute atomic E-state index is 0.198. The summed E-state index contributed by atoms with van der Waals surface area (Å²) in [6, 6.07) is 1.18. The Morgan fingerprint density at radius 2 is 2.40 bits per heavy atom. The smallest absolute Gasteiger partial charge is 0.166 e. The van der Waals surface area contributed by atoms with Gasteiger partial charge in [-0.05, 0) is 0 Å². The molecule has 0 fully saturated rings. The Labute approximate surface area is 57.6 Å². The fraction of sp³-hybridized carbons (Fsp3) is 0.167. The SMILES string of the molecule is COc1cc(F)cnc1N. The highest BCUT2D eigenvalue weighted by Crippen LogP contribution is 2.17. The minimum atomic E-state index is -0.453. The Morgan fingerprint density at radius 3 is 2.90 bits per heavy atom. The number of anilines is 1. The van der Waals surface area contributed by atoms with Gasteiger partial charge in [-0.15, -0.1) is 0 Å². The Hall–Kier alpha value is -1.32. The van der Waals surface area contributed by atoms with Crippen LogP contribution in [-0.4, -0.2) is 12.1 Å². The molecule has 1 aromatic rings. The minimum Gasteiger partial charge on any atom is -0.493 e. The lowest BCUT2D eigenvalue weighted by molar-refractivity contribution is 0.411.